The summed E-state index contributed by atoms with van der Waals surface area (Å²) in [4.78, 5) is 12.1. The molecule has 1 aliphatic heterocycles. The predicted molar refractivity (Wildman–Crippen MR) is 83.1 cm³/mol. The summed E-state index contributed by atoms with van der Waals surface area (Å²) in [5.74, 6) is -0.0840. The molecular formula is C17H16O3S. The molecule has 3 nitrogen and oxygen atoms in total. The van der Waals surface area contributed by atoms with E-state index in [0.717, 1.165) is 17.7 Å². The topological polar surface area (TPSA) is 46.5 Å². The van der Waals surface area contributed by atoms with Gasteiger partial charge in [0.2, 0.25) is 0 Å². The third-order valence-electron chi connectivity index (χ3n) is 3.40. The van der Waals surface area contributed by atoms with Gasteiger partial charge in [0.15, 0.2) is 0 Å². The fraction of sp³-hybridized carbons (Fsp3) is 0.235. The molecule has 0 amide bonds. The van der Waals surface area contributed by atoms with E-state index in [1.54, 1.807) is 12.1 Å². The maximum Gasteiger partial charge on any atom is 0.307 e. The number of benzene rings is 2. The van der Waals surface area contributed by atoms with Crippen molar-refractivity contribution in [2.24, 2.45) is 0 Å². The van der Waals surface area contributed by atoms with Crippen molar-refractivity contribution in [3.63, 3.8) is 0 Å². The van der Waals surface area contributed by atoms with E-state index in [1.165, 1.54) is 10.5 Å². The van der Waals surface area contributed by atoms with Crippen LogP contribution < -0.4 is 4.74 Å². The summed E-state index contributed by atoms with van der Waals surface area (Å²) in [6.45, 7) is 0.635. The van der Waals surface area contributed by atoms with Crippen molar-refractivity contribution in [3.05, 3.63) is 59.7 Å². The van der Waals surface area contributed by atoms with Gasteiger partial charge in [-0.25, -0.2) is 0 Å². The summed E-state index contributed by atoms with van der Waals surface area (Å²) < 4.78 is 5.83. The quantitative estimate of drug-likeness (QED) is 0.919. The first-order chi connectivity index (χ1) is 10.2. The van der Waals surface area contributed by atoms with E-state index in [-0.39, 0.29) is 6.42 Å². The number of rotatable bonds is 5. The molecule has 4 heteroatoms. The fourth-order valence-electron chi connectivity index (χ4n) is 2.46. The lowest BCUT2D eigenvalue weighted by molar-refractivity contribution is -0.136. The van der Waals surface area contributed by atoms with Gasteiger partial charge in [-0.1, -0.05) is 30.3 Å². The van der Waals surface area contributed by atoms with Crippen LogP contribution in [0, 0.1) is 0 Å². The van der Waals surface area contributed by atoms with Gasteiger partial charge in [0.1, 0.15) is 12.4 Å². The molecular weight excluding hydrogens is 284 g/mol. The molecule has 108 valence electrons. The van der Waals surface area contributed by atoms with Gasteiger partial charge >= 0.3 is 5.97 Å². The number of carbonyl (C=O) groups is 1. The van der Waals surface area contributed by atoms with Crippen LogP contribution in [0.1, 0.15) is 11.1 Å². The van der Waals surface area contributed by atoms with Crippen LogP contribution in [0.25, 0.3) is 0 Å². The molecule has 1 heterocycles. The highest BCUT2D eigenvalue weighted by Gasteiger charge is 2.22. The summed E-state index contributed by atoms with van der Waals surface area (Å²) in [5, 5.41) is 9.24. The molecule has 0 aromatic heterocycles. The maximum atomic E-state index is 10.7. The molecule has 1 aliphatic rings. The molecule has 0 radical (unpaired) electrons. The number of ether oxygens (including phenoxy) is 1. The first-order valence-corrected chi connectivity index (χ1v) is 7.77. The number of hydrogen-bond donors (Lipinski definition) is 1. The highest BCUT2D eigenvalue weighted by Crippen LogP contribution is 2.36. The summed E-state index contributed by atoms with van der Waals surface area (Å²) in [7, 11) is 0. The molecule has 0 fully saturated rings. The van der Waals surface area contributed by atoms with Gasteiger partial charge in [-0.2, -0.15) is 0 Å². The largest absolute Gasteiger partial charge is 0.492 e. The minimum atomic E-state index is -0.825. The number of carboxylic acids is 1. The molecule has 0 aliphatic carbocycles. The standard InChI is InChI=1S/C17H16O3S/c18-17(19)9-12-4-3-6-14(8-12)20-11-15-10-13-5-1-2-7-16(13)21-15/h1-8,15H,9-11H2,(H,18,19). The summed E-state index contributed by atoms with van der Waals surface area (Å²) in [5.41, 5.74) is 2.15. The number of hydrogen-bond acceptors (Lipinski definition) is 3. The molecule has 0 saturated carbocycles. The van der Waals surface area contributed by atoms with Crippen LogP contribution in [0.5, 0.6) is 5.75 Å². The van der Waals surface area contributed by atoms with Crippen molar-refractivity contribution in [1.29, 1.82) is 0 Å². The number of aliphatic carboxylic acids is 1. The molecule has 1 N–H and O–H groups in total. The van der Waals surface area contributed by atoms with Gasteiger partial charge < -0.3 is 9.84 Å². The second-order valence-corrected chi connectivity index (χ2v) is 6.42. The zero-order chi connectivity index (χ0) is 14.7. The van der Waals surface area contributed by atoms with Crippen molar-refractivity contribution in [3.8, 4) is 5.75 Å². The minimum absolute atomic E-state index is 0.0286. The lowest BCUT2D eigenvalue weighted by atomic mass is 10.1. The molecule has 2 aromatic carbocycles. The van der Waals surface area contributed by atoms with Crippen molar-refractivity contribution >= 4 is 17.7 Å². The lowest BCUT2D eigenvalue weighted by Gasteiger charge is -2.11. The molecule has 1 unspecified atom stereocenters. The Labute approximate surface area is 127 Å². The molecule has 3 rings (SSSR count). The van der Waals surface area contributed by atoms with Gasteiger partial charge in [0.05, 0.1) is 6.42 Å². The summed E-state index contributed by atoms with van der Waals surface area (Å²) >= 11 is 1.85. The Morgan fingerprint density at radius 1 is 1.24 bits per heavy atom. The zero-order valence-electron chi connectivity index (χ0n) is 11.5. The van der Waals surface area contributed by atoms with Crippen molar-refractivity contribution < 1.29 is 14.6 Å². The Balaban J connectivity index is 1.58. The average molecular weight is 300 g/mol. The first-order valence-electron chi connectivity index (χ1n) is 6.89. The fourth-order valence-corrected chi connectivity index (χ4v) is 3.67. The van der Waals surface area contributed by atoms with E-state index in [0.29, 0.717) is 11.9 Å². The van der Waals surface area contributed by atoms with E-state index >= 15 is 0 Å². The van der Waals surface area contributed by atoms with E-state index in [2.05, 4.69) is 24.3 Å². The number of carboxylic acid groups (broad SMARTS) is 1. The van der Waals surface area contributed by atoms with Crippen molar-refractivity contribution in [1.82, 2.24) is 0 Å². The molecule has 0 bridgehead atoms. The van der Waals surface area contributed by atoms with Crippen LogP contribution in [0.3, 0.4) is 0 Å². The van der Waals surface area contributed by atoms with E-state index in [9.17, 15) is 4.79 Å². The Morgan fingerprint density at radius 2 is 2.10 bits per heavy atom. The zero-order valence-corrected chi connectivity index (χ0v) is 12.3. The van der Waals surface area contributed by atoms with Gasteiger partial charge in [0, 0.05) is 10.1 Å². The molecule has 1 atom stereocenters. The highest BCUT2D eigenvalue weighted by atomic mass is 32.2. The van der Waals surface area contributed by atoms with Crippen LogP contribution in [-0.4, -0.2) is 22.9 Å². The average Bonchev–Trinajstić information content (AvgIpc) is 2.87. The van der Waals surface area contributed by atoms with Crippen LogP contribution >= 0.6 is 11.8 Å². The molecule has 21 heavy (non-hydrogen) atoms. The van der Waals surface area contributed by atoms with E-state index in [1.807, 2.05) is 23.9 Å². The van der Waals surface area contributed by atoms with Crippen LogP contribution in [0.4, 0.5) is 0 Å². The van der Waals surface area contributed by atoms with Crippen molar-refractivity contribution in [2.75, 3.05) is 6.61 Å². The van der Waals surface area contributed by atoms with Gasteiger partial charge in [-0.05, 0) is 35.7 Å². The van der Waals surface area contributed by atoms with E-state index in [4.69, 9.17) is 9.84 Å². The van der Waals surface area contributed by atoms with Gasteiger partial charge in [-0.15, -0.1) is 11.8 Å². The van der Waals surface area contributed by atoms with Crippen LogP contribution in [0.2, 0.25) is 0 Å². The Hall–Kier alpha value is -1.94. The second kappa shape index (κ2) is 6.22. The Kier molecular flexibility index (Phi) is 4.15. The SMILES string of the molecule is O=C(O)Cc1cccc(OCC2Cc3ccccc3S2)c1. The van der Waals surface area contributed by atoms with E-state index < -0.39 is 5.97 Å². The number of fused-ring (bicyclic) bond motifs is 1. The van der Waals surface area contributed by atoms with Crippen LogP contribution in [0.15, 0.2) is 53.4 Å². The third kappa shape index (κ3) is 3.58. The monoisotopic (exact) mass is 300 g/mol. The first kappa shape index (κ1) is 14.0. The van der Waals surface area contributed by atoms with Crippen LogP contribution in [-0.2, 0) is 17.6 Å². The van der Waals surface area contributed by atoms with Gasteiger partial charge in [-0.3, -0.25) is 4.79 Å². The van der Waals surface area contributed by atoms with Gasteiger partial charge in [0.25, 0.3) is 0 Å². The summed E-state index contributed by atoms with van der Waals surface area (Å²) in [6, 6.07) is 15.8. The Morgan fingerprint density at radius 3 is 2.90 bits per heavy atom. The highest BCUT2D eigenvalue weighted by molar-refractivity contribution is 8.00. The smallest absolute Gasteiger partial charge is 0.307 e. The summed E-state index contributed by atoms with van der Waals surface area (Å²) in [6.07, 6.45) is 1.05. The maximum absolute atomic E-state index is 10.7. The molecule has 0 spiro atoms. The predicted octanol–water partition coefficient (Wildman–Crippen LogP) is 3.41. The van der Waals surface area contributed by atoms with Crippen molar-refractivity contribution in [2.45, 2.75) is 23.0 Å². The number of thioether (sulfide) groups is 1. The third-order valence-corrected chi connectivity index (χ3v) is 4.69. The Bertz CT molecular complexity index is 629. The normalized spacial score (nSPS) is 16.5. The lowest BCUT2D eigenvalue weighted by Crippen LogP contribution is -2.13. The minimum Gasteiger partial charge on any atom is -0.492 e. The second-order valence-electron chi connectivity index (χ2n) is 5.08. The molecule has 0 saturated heterocycles. The molecule has 2 aromatic rings.